The number of nitrogens with zero attached hydrogens (tertiary/aromatic N) is 2. The molecule has 0 aliphatic heterocycles. The Kier molecular flexibility index (Phi) is 6.64. The van der Waals surface area contributed by atoms with E-state index in [2.05, 4.69) is 31.4 Å². The summed E-state index contributed by atoms with van der Waals surface area (Å²) in [5.74, 6) is 0.182. The van der Waals surface area contributed by atoms with Gasteiger partial charge in [0.15, 0.2) is 0 Å². The summed E-state index contributed by atoms with van der Waals surface area (Å²) in [6.07, 6.45) is 5.18. The minimum atomic E-state index is 0.182. The number of hydrogen-bond donors (Lipinski definition) is 1. The second-order valence-electron chi connectivity index (χ2n) is 4.86. The zero-order chi connectivity index (χ0) is 14.3. The fraction of sp³-hybridized carbons (Fsp3) is 0.667. The minimum Gasteiger partial charge on any atom is -0.345 e. The lowest BCUT2D eigenvalue weighted by atomic mass is 10.2. The monoisotopic (exact) mass is 265 g/mol. The number of aromatic nitrogens is 1. The molecule has 1 rings (SSSR count). The number of hydrogen-bond acceptors (Lipinski definition) is 2. The Labute approximate surface area is 116 Å². The van der Waals surface area contributed by atoms with Crippen LogP contribution in [0.3, 0.4) is 0 Å². The van der Waals surface area contributed by atoms with Gasteiger partial charge in [-0.1, -0.05) is 6.92 Å². The van der Waals surface area contributed by atoms with E-state index in [1.807, 2.05) is 29.5 Å². The number of carbonyl (C=O) groups excluding carboxylic acids is 1. The molecule has 0 saturated heterocycles. The van der Waals surface area contributed by atoms with Gasteiger partial charge in [0.1, 0.15) is 6.54 Å². The highest BCUT2D eigenvalue weighted by Gasteiger charge is 2.11. The Morgan fingerprint density at radius 3 is 2.63 bits per heavy atom. The fourth-order valence-corrected chi connectivity index (χ4v) is 2.13. The molecule has 19 heavy (non-hydrogen) atoms. The summed E-state index contributed by atoms with van der Waals surface area (Å²) in [4.78, 5) is 13.9. The van der Waals surface area contributed by atoms with Gasteiger partial charge in [-0.2, -0.15) is 0 Å². The number of rotatable bonds is 8. The predicted octanol–water partition coefficient (Wildman–Crippen LogP) is 2.42. The lowest BCUT2D eigenvalue weighted by Gasteiger charge is -2.18. The van der Waals surface area contributed by atoms with E-state index in [1.54, 1.807) is 0 Å². The van der Waals surface area contributed by atoms with Crippen molar-refractivity contribution in [2.45, 2.75) is 46.7 Å². The molecule has 1 unspecified atom stereocenters. The predicted molar refractivity (Wildman–Crippen MR) is 79.1 cm³/mol. The Morgan fingerprint density at radius 1 is 1.37 bits per heavy atom. The first kappa shape index (κ1) is 15.8. The molecule has 1 atom stereocenters. The van der Waals surface area contributed by atoms with Crippen LogP contribution < -0.4 is 5.32 Å². The van der Waals surface area contributed by atoms with Crippen LogP contribution >= 0.6 is 0 Å². The van der Waals surface area contributed by atoms with Crippen LogP contribution in [0.2, 0.25) is 0 Å². The minimum absolute atomic E-state index is 0.182. The number of amides is 1. The van der Waals surface area contributed by atoms with Crippen molar-refractivity contribution in [3.8, 4) is 0 Å². The maximum absolute atomic E-state index is 12.0. The molecule has 0 spiro atoms. The average Bonchev–Trinajstić information content (AvgIpc) is 2.86. The van der Waals surface area contributed by atoms with E-state index in [0.29, 0.717) is 12.6 Å². The van der Waals surface area contributed by atoms with E-state index in [9.17, 15) is 4.79 Å². The highest BCUT2D eigenvalue weighted by Crippen LogP contribution is 2.12. The van der Waals surface area contributed by atoms with E-state index in [1.165, 1.54) is 5.56 Å². The molecule has 4 nitrogen and oxygen atoms in total. The molecule has 0 saturated carbocycles. The van der Waals surface area contributed by atoms with E-state index in [-0.39, 0.29) is 5.91 Å². The fourth-order valence-electron chi connectivity index (χ4n) is 2.13. The van der Waals surface area contributed by atoms with Crippen LogP contribution in [0.4, 0.5) is 0 Å². The average molecular weight is 265 g/mol. The summed E-state index contributed by atoms with van der Waals surface area (Å²) in [5.41, 5.74) is 1.24. The molecule has 0 radical (unpaired) electrons. The topological polar surface area (TPSA) is 37.3 Å². The molecule has 1 heterocycles. The van der Waals surface area contributed by atoms with Crippen LogP contribution in [-0.2, 0) is 11.3 Å². The Balaban J connectivity index is 2.57. The van der Waals surface area contributed by atoms with E-state index in [0.717, 1.165) is 26.1 Å². The SMILES string of the molecule is CCCNC(C)c1ccn(CC(=O)N(CC)CC)c1. The summed E-state index contributed by atoms with van der Waals surface area (Å²) in [7, 11) is 0. The molecule has 0 aliphatic rings. The van der Waals surface area contributed by atoms with Crippen LogP contribution in [-0.4, -0.2) is 35.0 Å². The maximum Gasteiger partial charge on any atom is 0.242 e. The highest BCUT2D eigenvalue weighted by atomic mass is 16.2. The number of nitrogens with one attached hydrogen (secondary N) is 1. The zero-order valence-corrected chi connectivity index (χ0v) is 12.6. The van der Waals surface area contributed by atoms with Gasteiger partial charge in [0.2, 0.25) is 5.91 Å². The summed E-state index contributed by atoms with van der Waals surface area (Å²) in [5, 5.41) is 3.45. The van der Waals surface area contributed by atoms with Crippen molar-refractivity contribution in [3.05, 3.63) is 24.0 Å². The van der Waals surface area contributed by atoms with Gasteiger partial charge in [-0.3, -0.25) is 4.79 Å². The van der Waals surface area contributed by atoms with Gasteiger partial charge < -0.3 is 14.8 Å². The third kappa shape index (κ3) is 4.71. The maximum atomic E-state index is 12.0. The molecule has 108 valence electrons. The van der Waals surface area contributed by atoms with Crippen molar-refractivity contribution in [1.29, 1.82) is 0 Å². The quantitative estimate of drug-likeness (QED) is 0.784. The molecule has 1 aromatic heterocycles. The zero-order valence-electron chi connectivity index (χ0n) is 12.6. The number of carbonyl (C=O) groups is 1. The Morgan fingerprint density at radius 2 is 2.05 bits per heavy atom. The molecule has 0 aromatic carbocycles. The van der Waals surface area contributed by atoms with Crippen molar-refractivity contribution in [1.82, 2.24) is 14.8 Å². The largest absolute Gasteiger partial charge is 0.345 e. The van der Waals surface area contributed by atoms with Gasteiger partial charge in [-0.15, -0.1) is 0 Å². The molecule has 1 N–H and O–H groups in total. The Bertz CT molecular complexity index is 382. The van der Waals surface area contributed by atoms with Crippen LogP contribution in [0.1, 0.15) is 45.7 Å². The molecular formula is C15H27N3O. The van der Waals surface area contributed by atoms with Crippen molar-refractivity contribution in [2.24, 2.45) is 0 Å². The van der Waals surface area contributed by atoms with Crippen molar-refractivity contribution in [2.75, 3.05) is 19.6 Å². The van der Waals surface area contributed by atoms with Crippen molar-refractivity contribution < 1.29 is 4.79 Å². The molecule has 1 aromatic rings. The van der Waals surface area contributed by atoms with Crippen LogP contribution in [0.15, 0.2) is 18.5 Å². The van der Waals surface area contributed by atoms with Gasteiger partial charge in [0.05, 0.1) is 0 Å². The van der Waals surface area contributed by atoms with Gasteiger partial charge >= 0.3 is 0 Å². The first-order chi connectivity index (χ1) is 9.12. The molecule has 0 bridgehead atoms. The van der Waals surface area contributed by atoms with Gasteiger partial charge in [-0.05, 0) is 45.4 Å². The second kappa shape index (κ2) is 8.00. The van der Waals surface area contributed by atoms with Gasteiger partial charge in [0.25, 0.3) is 0 Å². The first-order valence-corrected chi connectivity index (χ1v) is 7.29. The lowest BCUT2D eigenvalue weighted by molar-refractivity contribution is -0.131. The Hall–Kier alpha value is -1.29. The lowest BCUT2D eigenvalue weighted by Crippen LogP contribution is -2.33. The van der Waals surface area contributed by atoms with Crippen LogP contribution in [0.5, 0.6) is 0 Å². The normalized spacial score (nSPS) is 12.4. The van der Waals surface area contributed by atoms with E-state index in [4.69, 9.17) is 0 Å². The number of likely N-dealkylation sites (N-methyl/N-ethyl adjacent to an activating group) is 1. The molecular weight excluding hydrogens is 238 g/mol. The summed E-state index contributed by atoms with van der Waals surface area (Å²) in [6.45, 7) is 11.3. The summed E-state index contributed by atoms with van der Waals surface area (Å²) >= 11 is 0. The molecule has 1 amide bonds. The van der Waals surface area contributed by atoms with Gasteiger partial charge in [0, 0.05) is 31.5 Å². The summed E-state index contributed by atoms with van der Waals surface area (Å²) < 4.78 is 1.97. The smallest absolute Gasteiger partial charge is 0.242 e. The van der Waals surface area contributed by atoms with E-state index >= 15 is 0 Å². The second-order valence-corrected chi connectivity index (χ2v) is 4.86. The highest BCUT2D eigenvalue weighted by molar-refractivity contribution is 5.75. The summed E-state index contributed by atoms with van der Waals surface area (Å²) in [6, 6.07) is 2.42. The molecule has 4 heteroatoms. The molecule has 0 fully saturated rings. The standard InChI is InChI=1S/C15H27N3O/c1-5-9-16-13(4)14-8-10-17(11-14)12-15(19)18(6-2)7-3/h8,10-11,13,16H,5-7,9,12H2,1-4H3. The third-order valence-corrected chi connectivity index (χ3v) is 3.41. The van der Waals surface area contributed by atoms with Gasteiger partial charge in [-0.25, -0.2) is 0 Å². The van der Waals surface area contributed by atoms with Crippen LogP contribution in [0, 0.1) is 0 Å². The van der Waals surface area contributed by atoms with Crippen molar-refractivity contribution >= 4 is 5.91 Å². The van der Waals surface area contributed by atoms with E-state index < -0.39 is 0 Å². The molecule has 0 aliphatic carbocycles. The van der Waals surface area contributed by atoms with Crippen molar-refractivity contribution in [3.63, 3.8) is 0 Å². The van der Waals surface area contributed by atoms with Crippen LogP contribution in [0.25, 0.3) is 0 Å². The third-order valence-electron chi connectivity index (χ3n) is 3.41. The first-order valence-electron chi connectivity index (χ1n) is 7.29.